The second kappa shape index (κ2) is 9.79. The molecule has 2 amide bonds. The molecule has 5 rings (SSSR count). The Morgan fingerprint density at radius 3 is 2.91 bits per heavy atom. The second-order valence-corrected chi connectivity index (χ2v) is 8.68. The highest BCUT2D eigenvalue weighted by atomic mass is 16.6. The van der Waals surface area contributed by atoms with Gasteiger partial charge in [-0.1, -0.05) is 6.07 Å². The van der Waals surface area contributed by atoms with E-state index in [9.17, 15) is 9.59 Å². The van der Waals surface area contributed by atoms with Crippen LogP contribution in [0.4, 0.5) is 10.6 Å². The Hall–Kier alpha value is -3.86. The zero-order chi connectivity index (χ0) is 24.4. The summed E-state index contributed by atoms with van der Waals surface area (Å²) < 4.78 is 12.2. The minimum atomic E-state index is -0.397. The van der Waals surface area contributed by atoms with E-state index in [0.29, 0.717) is 49.5 Å². The van der Waals surface area contributed by atoms with Crippen LogP contribution in [0.1, 0.15) is 46.8 Å². The molecule has 0 bridgehead atoms. The van der Waals surface area contributed by atoms with E-state index in [1.807, 2.05) is 12.1 Å². The van der Waals surface area contributed by atoms with Crippen molar-refractivity contribution in [3.63, 3.8) is 0 Å². The Morgan fingerprint density at radius 2 is 2.06 bits per heavy atom. The molecule has 0 unspecified atom stereocenters. The van der Waals surface area contributed by atoms with Gasteiger partial charge in [0.15, 0.2) is 5.82 Å². The maximum atomic E-state index is 13.0. The molecule has 11 heteroatoms. The molecule has 5 heterocycles. The molecule has 2 aliphatic heterocycles. The van der Waals surface area contributed by atoms with Crippen LogP contribution in [0.3, 0.4) is 0 Å². The fourth-order valence-corrected chi connectivity index (χ4v) is 4.43. The van der Waals surface area contributed by atoms with Gasteiger partial charge in [-0.2, -0.15) is 0 Å². The van der Waals surface area contributed by atoms with Gasteiger partial charge in [0.05, 0.1) is 6.61 Å². The van der Waals surface area contributed by atoms with Gasteiger partial charge in [-0.15, -0.1) is 10.2 Å². The Labute approximate surface area is 202 Å². The molecule has 0 saturated heterocycles. The van der Waals surface area contributed by atoms with E-state index in [-0.39, 0.29) is 18.2 Å². The number of amides is 2. The van der Waals surface area contributed by atoms with Gasteiger partial charge in [-0.3, -0.25) is 9.78 Å². The molecule has 1 N–H and O–H groups in total. The number of nitrogens with zero attached hydrogens (tertiary/aromatic N) is 6. The van der Waals surface area contributed by atoms with E-state index < -0.39 is 6.09 Å². The van der Waals surface area contributed by atoms with Crippen LogP contribution in [0.2, 0.25) is 0 Å². The van der Waals surface area contributed by atoms with Gasteiger partial charge in [0, 0.05) is 38.9 Å². The molecular weight excluding hydrogens is 450 g/mol. The van der Waals surface area contributed by atoms with Crippen LogP contribution in [0.25, 0.3) is 11.5 Å². The third-order valence-electron chi connectivity index (χ3n) is 6.31. The van der Waals surface area contributed by atoms with Gasteiger partial charge in [-0.05, 0) is 49.1 Å². The number of nitrogens with one attached hydrogen (secondary N) is 1. The zero-order valence-electron chi connectivity index (χ0n) is 19.7. The summed E-state index contributed by atoms with van der Waals surface area (Å²) in [4.78, 5) is 35.8. The molecule has 2 aliphatic rings. The van der Waals surface area contributed by atoms with Crippen molar-refractivity contribution < 1.29 is 19.1 Å². The molecule has 11 nitrogen and oxygen atoms in total. The SMILES string of the molecule is COCCOC(=O)N1CCc2cnc(C(=O)Nc3cccc(-c4nnc5n4[C@@H](C)CC5)n3)cc2C1. The highest BCUT2D eigenvalue weighted by Gasteiger charge is 2.26. The maximum absolute atomic E-state index is 13.0. The van der Waals surface area contributed by atoms with Crippen molar-refractivity contribution in [2.24, 2.45) is 0 Å². The summed E-state index contributed by atoms with van der Waals surface area (Å²) in [7, 11) is 1.55. The number of pyridine rings is 2. The minimum absolute atomic E-state index is 0.200. The first-order valence-electron chi connectivity index (χ1n) is 11.6. The fourth-order valence-electron chi connectivity index (χ4n) is 4.43. The first-order chi connectivity index (χ1) is 17.0. The Morgan fingerprint density at radius 1 is 1.17 bits per heavy atom. The highest BCUT2D eigenvalue weighted by molar-refractivity contribution is 6.02. The molecule has 0 saturated carbocycles. The van der Waals surface area contributed by atoms with E-state index in [1.54, 1.807) is 30.3 Å². The number of carbonyl (C=O) groups excluding carboxylic acids is 2. The Bertz CT molecular complexity index is 1260. The molecule has 182 valence electrons. The number of ether oxygens (including phenoxy) is 2. The van der Waals surface area contributed by atoms with Crippen LogP contribution >= 0.6 is 0 Å². The summed E-state index contributed by atoms with van der Waals surface area (Å²) in [6.07, 6.45) is 3.87. The normalized spacial score (nSPS) is 16.5. The molecule has 0 radical (unpaired) electrons. The predicted molar refractivity (Wildman–Crippen MR) is 126 cm³/mol. The van der Waals surface area contributed by atoms with Gasteiger partial charge in [-0.25, -0.2) is 9.78 Å². The smallest absolute Gasteiger partial charge is 0.410 e. The lowest BCUT2D eigenvalue weighted by Crippen LogP contribution is -2.37. The van der Waals surface area contributed by atoms with E-state index in [1.165, 1.54) is 0 Å². The standard InChI is InChI=1S/C24H27N7O4/c1-15-6-7-21-28-29-22(31(15)21)18-4-3-5-20(26-18)27-23(32)19-12-17-14-30(9-8-16(17)13-25-19)24(33)35-11-10-34-2/h3-5,12-13,15H,6-11,14H2,1-2H3,(H,26,27,32)/t15-/m0/s1. The first kappa shape index (κ1) is 22.9. The maximum Gasteiger partial charge on any atom is 0.410 e. The quantitative estimate of drug-likeness (QED) is 0.537. The summed E-state index contributed by atoms with van der Waals surface area (Å²) in [5, 5.41) is 11.4. The Kier molecular flexibility index (Phi) is 6.41. The molecule has 3 aromatic rings. The van der Waals surface area contributed by atoms with Crippen LogP contribution in [-0.4, -0.2) is 68.5 Å². The van der Waals surface area contributed by atoms with E-state index in [2.05, 4.69) is 37.0 Å². The van der Waals surface area contributed by atoms with Gasteiger partial charge in [0.1, 0.15) is 29.6 Å². The summed E-state index contributed by atoms with van der Waals surface area (Å²) in [6.45, 7) is 3.57. The third-order valence-corrected chi connectivity index (χ3v) is 6.31. The summed E-state index contributed by atoms with van der Waals surface area (Å²) in [5.74, 6) is 1.68. The number of carbonyl (C=O) groups is 2. The number of rotatable bonds is 6. The lowest BCUT2D eigenvalue weighted by molar-refractivity contribution is 0.0688. The largest absolute Gasteiger partial charge is 0.447 e. The number of hydrogen-bond acceptors (Lipinski definition) is 8. The van der Waals surface area contributed by atoms with Crippen molar-refractivity contribution in [2.45, 2.75) is 38.8 Å². The number of aromatic nitrogens is 5. The average Bonchev–Trinajstić information content (AvgIpc) is 3.46. The lowest BCUT2D eigenvalue weighted by atomic mass is 10.0. The molecule has 0 fully saturated rings. The fraction of sp³-hybridized carbons (Fsp3) is 0.417. The molecule has 0 aromatic carbocycles. The highest BCUT2D eigenvalue weighted by Crippen LogP contribution is 2.30. The number of hydrogen-bond donors (Lipinski definition) is 1. The van der Waals surface area contributed by atoms with Crippen LogP contribution in [0, 0.1) is 0 Å². The van der Waals surface area contributed by atoms with Crippen LogP contribution in [-0.2, 0) is 28.9 Å². The molecule has 0 spiro atoms. The number of methoxy groups -OCH3 is 1. The molecule has 35 heavy (non-hydrogen) atoms. The summed E-state index contributed by atoms with van der Waals surface area (Å²) in [6, 6.07) is 7.44. The van der Waals surface area contributed by atoms with Crippen molar-refractivity contribution >= 4 is 17.8 Å². The molecule has 1 atom stereocenters. The minimum Gasteiger partial charge on any atom is -0.447 e. The van der Waals surface area contributed by atoms with Crippen molar-refractivity contribution in [3.8, 4) is 11.5 Å². The van der Waals surface area contributed by atoms with E-state index in [0.717, 1.165) is 29.8 Å². The van der Waals surface area contributed by atoms with Crippen LogP contribution in [0.15, 0.2) is 30.5 Å². The van der Waals surface area contributed by atoms with Crippen LogP contribution < -0.4 is 5.32 Å². The van der Waals surface area contributed by atoms with Gasteiger partial charge in [0.2, 0.25) is 0 Å². The molecule has 3 aromatic heterocycles. The number of aryl methyl sites for hydroxylation is 1. The topological polar surface area (TPSA) is 124 Å². The molecule has 0 aliphatic carbocycles. The Balaban J connectivity index is 1.29. The average molecular weight is 478 g/mol. The lowest BCUT2D eigenvalue weighted by Gasteiger charge is -2.28. The predicted octanol–water partition coefficient (Wildman–Crippen LogP) is 2.64. The van der Waals surface area contributed by atoms with Crippen LogP contribution in [0.5, 0.6) is 0 Å². The monoisotopic (exact) mass is 477 g/mol. The summed E-state index contributed by atoms with van der Waals surface area (Å²) >= 11 is 0. The van der Waals surface area contributed by atoms with Gasteiger partial charge < -0.3 is 24.3 Å². The van der Waals surface area contributed by atoms with Gasteiger partial charge >= 0.3 is 6.09 Å². The third kappa shape index (κ3) is 4.72. The van der Waals surface area contributed by atoms with Crippen molar-refractivity contribution in [2.75, 3.05) is 32.2 Å². The van der Waals surface area contributed by atoms with E-state index >= 15 is 0 Å². The van der Waals surface area contributed by atoms with Gasteiger partial charge in [0.25, 0.3) is 5.91 Å². The second-order valence-electron chi connectivity index (χ2n) is 8.68. The zero-order valence-corrected chi connectivity index (χ0v) is 19.7. The van der Waals surface area contributed by atoms with Crippen molar-refractivity contribution in [1.82, 2.24) is 29.6 Å². The summed E-state index contributed by atoms with van der Waals surface area (Å²) in [5.41, 5.74) is 2.78. The first-order valence-corrected chi connectivity index (χ1v) is 11.6. The number of fused-ring (bicyclic) bond motifs is 2. The van der Waals surface area contributed by atoms with Crippen molar-refractivity contribution in [3.05, 3.63) is 53.1 Å². The molecular formula is C24H27N7O4. The number of anilines is 1. The van der Waals surface area contributed by atoms with Crippen molar-refractivity contribution in [1.29, 1.82) is 0 Å². The van der Waals surface area contributed by atoms with E-state index in [4.69, 9.17) is 9.47 Å².